The summed E-state index contributed by atoms with van der Waals surface area (Å²) in [6.07, 6.45) is 5.86. The van der Waals surface area contributed by atoms with Crippen molar-refractivity contribution in [1.82, 2.24) is 10.2 Å². The molecule has 130 valence electrons. The van der Waals surface area contributed by atoms with Crippen LogP contribution in [0.25, 0.3) is 0 Å². The molecule has 0 amide bonds. The summed E-state index contributed by atoms with van der Waals surface area (Å²) in [5, 5.41) is 3.36. The lowest BCUT2D eigenvalue weighted by molar-refractivity contribution is -0.146. The zero-order valence-corrected chi connectivity index (χ0v) is 14.3. The predicted molar refractivity (Wildman–Crippen MR) is 90.4 cm³/mol. The fraction of sp³-hybridized carbons (Fsp3) is 0.765. The van der Waals surface area contributed by atoms with E-state index in [1.54, 1.807) is 0 Å². The lowest BCUT2D eigenvalue weighted by Crippen LogP contribution is -2.46. The van der Waals surface area contributed by atoms with Crippen molar-refractivity contribution < 1.29 is 14.3 Å². The first kappa shape index (κ1) is 17.8. The number of hydrogen-bond acceptors (Lipinski definition) is 4. The van der Waals surface area contributed by atoms with E-state index >= 15 is 0 Å². The van der Waals surface area contributed by atoms with Crippen LogP contribution in [0.4, 0.5) is 0 Å². The fourth-order valence-corrected chi connectivity index (χ4v) is 3.02. The first-order chi connectivity index (χ1) is 11.2. The molecule has 6 heteroatoms. The highest BCUT2D eigenvalue weighted by molar-refractivity contribution is 5.80. The molecule has 0 aromatic carbocycles. The number of guanidine groups is 1. The summed E-state index contributed by atoms with van der Waals surface area (Å²) in [5.41, 5.74) is 1.44. The van der Waals surface area contributed by atoms with E-state index in [-0.39, 0.29) is 11.9 Å². The van der Waals surface area contributed by atoms with Crippen molar-refractivity contribution >= 4 is 11.9 Å². The van der Waals surface area contributed by atoms with Crippen molar-refractivity contribution in [1.29, 1.82) is 0 Å². The number of nitrogens with zero attached hydrogens (tertiary/aromatic N) is 2. The van der Waals surface area contributed by atoms with Crippen molar-refractivity contribution in [2.75, 3.05) is 46.5 Å². The van der Waals surface area contributed by atoms with Crippen LogP contribution in [0.3, 0.4) is 0 Å². The van der Waals surface area contributed by atoms with E-state index in [4.69, 9.17) is 14.5 Å². The highest BCUT2D eigenvalue weighted by Crippen LogP contribution is 2.18. The summed E-state index contributed by atoms with van der Waals surface area (Å²) in [6, 6.07) is 0. The maximum atomic E-state index is 11.6. The Kier molecular flexibility index (Phi) is 7.39. The van der Waals surface area contributed by atoms with Crippen molar-refractivity contribution in [2.24, 2.45) is 10.9 Å². The van der Waals surface area contributed by atoms with Crippen LogP contribution in [0, 0.1) is 5.92 Å². The minimum Gasteiger partial charge on any atom is -0.469 e. The molecule has 1 saturated heterocycles. The third kappa shape index (κ3) is 5.53. The Morgan fingerprint density at radius 3 is 2.87 bits per heavy atom. The van der Waals surface area contributed by atoms with Gasteiger partial charge < -0.3 is 19.7 Å². The molecule has 2 aliphatic rings. The summed E-state index contributed by atoms with van der Waals surface area (Å²) < 4.78 is 10.2. The van der Waals surface area contributed by atoms with Crippen LogP contribution in [0.5, 0.6) is 0 Å². The van der Waals surface area contributed by atoms with E-state index in [9.17, 15) is 4.79 Å². The number of carbonyl (C=O) groups excluding carboxylic acids is 1. The molecule has 0 spiro atoms. The van der Waals surface area contributed by atoms with Crippen LogP contribution in [-0.2, 0) is 14.3 Å². The van der Waals surface area contributed by atoms with Gasteiger partial charge in [0.2, 0.25) is 0 Å². The topological polar surface area (TPSA) is 63.2 Å². The number of rotatable bonds is 5. The summed E-state index contributed by atoms with van der Waals surface area (Å²) in [5.74, 6) is 0.910. The smallest absolute Gasteiger partial charge is 0.308 e. The number of likely N-dealkylation sites (tertiary alicyclic amines) is 1. The molecule has 0 saturated carbocycles. The monoisotopic (exact) mass is 323 g/mol. The quantitative estimate of drug-likeness (QED) is 0.360. The normalized spacial score (nSPS) is 20.2. The Bertz CT molecular complexity index is 440. The van der Waals surface area contributed by atoms with Gasteiger partial charge >= 0.3 is 5.97 Å². The second-order valence-electron chi connectivity index (χ2n) is 5.96. The van der Waals surface area contributed by atoms with Gasteiger partial charge in [-0.2, -0.15) is 0 Å². The number of esters is 1. The number of ether oxygens (including phenoxy) is 2. The van der Waals surface area contributed by atoms with Gasteiger partial charge in [0.15, 0.2) is 5.96 Å². The third-order valence-corrected chi connectivity index (χ3v) is 4.42. The zero-order valence-electron chi connectivity index (χ0n) is 14.3. The molecule has 0 aromatic rings. The predicted octanol–water partition coefficient (Wildman–Crippen LogP) is 1.57. The molecule has 2 rings (SSSR count). The molecular weight excluding hydrogens is 294 g/mol. The summed E-state index contributed by atoms with van der Waals surface area (Å²) in [7, 11) is 1.46. The molecule has 1 fully saturated rings. The number of piperidine rings is 1. The summed E-state index contributed by atoms with van der Waals surface area (Å²) in [4.78, 5) is 18.6. The summed E-state index contributed by atoms with van der Waals surface area (Å²) >= 11 is 0. The standard InChI is InChI=1S/C17H29N3O3/c1-3-18-17(19-9-4-14-7-12-23-13-8-14)20-10-5-15(6-11-20)16(21)22-2/h7,15H,3-6,8-13H2,1-2H3,(H,18,19). The Hall–Kier alpha value is -1.56. The van der Waals surface area contributed by atoms with Crippen LogP contribution >= 0.6 is 0 Å². The van der Waals surface area contributed by atoms with Gasteiger partial charge in [0.1, 0.15) is 0 Å². The molecule has 23 heavy (non-hydrogen) atoms. The number of hydrogen-bond donors (Lipinski definition) is 1. The Morgan fingerprint density at radius 1 is 1.48 bits per heavy atom. The number of aliphatic imine (C=N–C) groups is 1. The lowest BCUT2D eigenvalue weighted by atomic mass is 9.97. The molecule has 2 heterocycles. The van der Waals surface area contributed by atoms with Crippen LogP contribution < -0.4 is 5.32 Å². The maximum Gasteiger partial charge on any atom is 0.308 e. The second-order valence-corrected chi connectivity index (χ2v) is 5.96. The van der Waals surface area contributed by atoms with E-state index in [1.165, 1.54) is 12.7 Å². The molecule has 6 nitrogen and oxygen atoms in total. The first-order valence-corrected chi connectivity index (χ1v) is 8.61. The molecule has 0 aromatic heterocycles. The highest BCUT2D eigenvalue weighted by atomic mass is 16.5. The van der Waals surface area contributed by atoms with E-state index in [0.29, 0.717) is 0 Å². The van der Waals surface area contributed by atoms with Crippen LogP contribution in [0.15, 0.2) is 16.6 Å². The van der Waals surface area contributed by atoms with Gasteiger partial charge in [-0.15, -0.1) is 0 Å². The van der Waals surface area contributed by atoms with E-state index in [0.717, 1.165) is 71.0 Å². The third-order valence-electron chi connectivity index (χ3n) is 4.42. The molecule has 0 bridgehead atoms. The van der Waals surface area contributed by atoms with Crippen molar-refractivity contribution in [2.45, 2.75) is 32.6 Å². The van der Waals surface area contributed by atoms with E-state index < -0.39 is 0 Å². The number of carbonyl (C=O) groups is 1. The van der Waals surface area contributed by atoms with Gasteiger partial charge in [0.25, 0.3) is 0 Å². The molecule has 1 N–H and O–H groups in total. The lowest BCUT2D eigenvalue weighted by Gasteiger charge is -2.33. The van der Waals surface area contributed by atoms with Gasteiger partial charge in [-0.05, 0) is 32.6 Å². The van der Waals surface area contributed by atoms with Crippen LogP contribution in [0.2, 0.25) is 0 Å². The molecule has 0 radical (unpaired) electrons. The number of methoxy groups -OCH3 is 1. The molecule has 0 aliphatic carbocycles. The van der Waals surface area contributed by atoms with Crippen LogP contribution in [-0.4, -0.2) is 63.3 Å². The van der Waals surface area contributed by atoms with Gasteiger partial charge in [0.05, 0.1) is 26.2 Å². The second kappa shape index (κ2) is 9.55. The fourth-order valence-electron chi connectivity index (χ4n) is 3.02. The van der Waals surface area contributed by atoms with Gasteiger partial charge in [-0.1, -0.05) is 11.6 Å². The highest BCUT2D eigenvalue weighted by Gasteiger charge is 2.26. The molecule has 0 unspecified atom stereocenters. The van der Waals surface area contributed by atoms with Crippen molar-refractivity contribution in [3.05, 3.63) is 11.6 Å². The summed E-state index contributed by atoms with van der Waals surface area (Å²) in [6.45, 7) is 7.00. The Balaban J connectivity index is 1.84. The largest absolute Gasteiger partial charge is 0.469 e. The van der Waals surface area contributed by atoms with Gasteiger partial charge in [0, 0.05) is 26.2 Å². The van der Waals surface area contributed by atoms with Crippen molar-refractivity contribution in [3.63, 3.8) is 0 Å². The number of nitrogens with one attached hydrogen (secondary N) is 1. The van der Waals surface area contributed by atoms with E-state index in [1.807, 2.05) is 0 Å². The minimum atomic E-state index is -0.0851. The Labute approximate surface area is 138 Å². The molecule has 2 aliphatic heterocycles. The first-order valence-electron chi connectivity index (χ1n) is 8.61. The van der Waals surface area contributed by atoms with Gasteiger partial charge in [-0.25, -0.2) is 0 Å². The average molecular weight is 323 g/mol. The molecule has 0 atom stereocenters. The van der Waals surface area contributed by atoms with Crippen molar-refractivity contribution in [3.8, 4) is 0 Å². The minimum absolute atomic E-state index is 0.0338. The Morgan fingerprint density at radius 2 is 2.26 bits per heavy atom. The average Bonchev–Trinajstić information content (AvgIpc) is 2.61. The molecular formula is C17H29N3O3. The SMILES string of the molecule is CCNC(=NCCC1=CCOCC1)N1CCC(C(=O)OC)CC1. The van der Waals surface area contributed by atoms with E-state index in [2.05, 4.69) is 23.2 Å². The maximum absolute atomic E-state index is 11.6. The van der Waals surface area contributed by atoms with Gasteiger partial charge in [-0.3, -0.25) is 9.79 Å². The van der Waals surface area contributed by atoms with Crippen LogP contribution in [0.1, 0.15) is 32.6 Å². The zero-order chi connectivity index (χ0) is 16.5.